The first-order valence-corrected chi connectivity index (χ1v) is 19.0. The summed E-state index contributed by atoms with van der Waals surface area (Å²) in [5.41, 5.74) is 1.04. The molecular weight excluding hydrogens is 667 g/mol. The lowest BCUT2D eigenvalue weighted by atomic mass is 9.98. The average Bonchev–Trinajstić information content (AvgIpc) is 3.18. The van der Waals surface area contributed by atoms with Crippen LogP contribution in [0.15, 0.2) is 47.3 Å². The monoisotopic (exact) mass is 716 g/mol. The van der Waals surface area contributed by atoms with Crippen molar-refractivity contribution in [2.24, 2.45) is 0 Å². The number of likely N-dealkylation sites (tertiary alicyclic amines) is 2. The predicted octanol–water partition coefficient (Wildman–Crippen LogP) is 4.35. The third kappa shape index (κ3) is 8.63. The molecular formula is C39H49FN6O6. The normalized spacial score (nSPS) is 20.0. The van der Waals surface area contributed by atoms with Crippen LogP contribution < -0.4 is 5.56 Å². The van der Waals surface area contributed by atoms with Gasteiger partial charge in [0.2, 0.25) is 5.91 Å². The second-order valence-electron chi connectivity index (χ2n) is 14.7. The molecule has 4 fully saturated rings. The predicted molar refractivity (Wildman–Crippen MR) is 193 cm³/mol. The van der Waals surface area contributed by atoms with Crippen molar-refractivity contribution in [3.05, 3.63) is 75.5 Å². The molecule has 1 N–H and O–H groups in total. The van der Waals surface area contributed by atoms with E-state index in [0.29, 0.717) is 74.3 Å². The zero-order valence-corrected chi connectivity index (χ0v) is 29.8. The van der Waals surface area contributed by atoms with Gasteiger partial charge in [0.25, 0.3) is 11.5 Å². The van der Waals surface area contributed by atoms with E-state index in [1.165, 1.54) is 12.5 Å². The van der Waals surface area contributed by atoms with Crippen LogP contribution >= 0.6 is 0 Å². The van der Waals surface area contributed by atoms with Gasteiger partial charge in [-0.2, -0.15) is 5.10 Å². The second-order valence-corrected chi connectivity index (χ2v) is 14.7. The number of amides is 3. The maximum atomic E-state index is 15.0. The van der Waals surface area contributed by atoms with Crippen LogP contribution in [0.25, 0.3) is 10.8 Å². The van der Waals surface area contributed by atoms with Crippen molar-refractivity contribution in [3.8, 4) is 0 Å². The second kappa shape index (κ2) is 16.5. The van der Waals surface area contributed by atoms with E-state index in [1.807, 2.05) is 17.0 Å². The highest BCUT2D eigenvalue weighted by Crippen LogP contribution is 2.25. The molecule has 0 spiro atoms. The third-order valence-corrected chi connectivity index (χ3v) is 11.1. The molecule has 4 heterocycles. The van der Waals surface area contributed by atoms with Gasteiger partial charge in [-0.25, -0.2) is 14.3 Å². The van der Waals surface area contributed by atoms with E-state index in [9.17, 15) is 23.6 Å². The zero-order chi connectivity index (χ0) is 36.0. The molecule has 1 aliphatic carbocycles. The molecule has 1 aromatic heterocycles. The summed E-state index contributed by atoms with van der Waals surface area (Å²) in [6, 6.07) is 11.7. The molecule has 1 saturated carbocycles. The number of halogens is 1. The molecule has 0 radical (unpaired) electrons. The van der Waals surface area contributed by atoms with E-state index >= 15 is 0 Å². The summed E-state index contributed by atoms with van der Waals surface area (Å²) in [4.78, 5) is 58.9. The SMILES string of the molecule is O=C(CN1CCC(OC2CCN(C(=O)OC3CCCCC3)CC2)CC1)N1CCN(C(=O)c2cc(Cc3n[nH]c(=O)c4ccccc34)ccc2F)CC1. The van der Waals surface area contributed by atoms with Gasteiger partial charge in [0.1, 0.15) is 11.9 Å². The summed E-state index contributed by atoms with van der Waals surface area (Å²) in [6.45, 7) is 4.65. The number of nitrogens with one attached hydrogen (secondary N) is 1. The van der Waals surface area contributed by atoms with E-state index in [4.69, 9.17) is 9.47 Å². The summed E-state index contributed by atoms with van der Waals surface area (Å²) in [6.07, 6.45) is 9.32. The van der Waals surface area contributed by atoms with Gasteiger partial charge in [-0.3, -0.25) is 19.3 Å². The number of hydrogen-bond acceptors (Lipinski definition) is 8. The number of nitrogens with zero attached hydrogens (tertiary/aromatic N) is 5. The fourth-order valence-electron chi connectivity index (χ4n) is 8.02. The van der Waals surface area contributed by atoms with Crippen molar-refractivity contribution >= 4 is 28.7 Å². The Morgan fingerprint density at radius 1 is 0.750 bits per heavy atom. The molecule has 4 aliphatic rings. The van der Waals surface area contributed by atoms with Gasteiger partial charge >= 0.3 is 6.09 Å². The highest BCUT2D eigenvalue weighted by Gasteiger charge is 2.31. The van der Waals surface area contributed by atoms with E-state index in [2.05, 4.69) is 15.1 Å². The third-order valence-electron chi connectivity index (χ3n) is 11.1. The van der Waals surface area contributed by atoms with E-state index in [-0.39, 0.29) is 41.4 Å². The van der Waals surface area contributed by atoms with Crippen LogP contribution in [0.1, 0.15) is 79.4 Å². The number of carbonyl (C=O) groups excluding carboxylic acids is 3. The lowest BCUT2D eigenvalue weighted by molar-refractivity contribution is -0.135. The number of ether oxygens (including phenoxy) is 2. The number of rotatable bonds is 8. The Balaban J connectivity index is 0.827. The first-order chi connectivity index (χ1) is 25.3. The average molecular weight is 717 g/mol. The summed E-state index contributed by atoms with van der Waals surface area (Å²) >= 11 is 0. The van der Waals surface area contributed by atoms with Crippen molar-refractivity contribution < 1.29 is 28.2 Å². The van der Waals surface area contributed by atoms with Crippen molar-refractivity contribution in [2.75, 3.05) is 58.9 Å². The van der Waals surface area contributed by atoms with Crippen molar-refractivity contribution in [1.29, 1.82) is 0 Å². The van der Waals surface area contributed by atoms with Gasteiger partial charge < -0.3 is 24.2 Å². The molecule has 3 amide bonds. The van der Waals surface area contributed by atoms with Crippen molar-refractivity contribution in [3.63, 3.8) is 0 Å². The Bertz CT molecular complexity index is 1790. The van der Waals surface area contributed by atoms with Gasteiger partial charge in [0.05, 0.1) is 35.4 Å². The Kier molecular flexibility index (Phi) is 11.5. The molecule has 52 heavy (non-hydrogen) atoms. The molecule has 2 aromatic carbocycles. The smallest absolute Gasteiger partial charge is 0.410 e. The maximum Gasteiger partial charge on any atom is 0.410 e. The maximum absolute atomic E-state index is 15.0. The molecule has 3 aliphatic heterocycles. The van der Waals surface area contributed by atoms with Gasteiger partial charge in [-0.1, -0.05) is 30.7 Å². The summed E-state index contributed by atoms with van der Waals surface area (Å²) in [5, 5.41) is 7.97. The molecule has 13 heteroatoms. The number of hydrogen-bond donors (Lipinski definition) is 1. The quantitative estimate of drug-likeness (QED) is 0.365. The van der Waals surface area contributed by atoms with Gasteiger partial charge in [0.15, 0.2) is 0 Å². The Hall–Kier alpha value is -4.36. The Morgan fingerprint density at radius 3 is 2.12 bits per heavy atom. The number of piperazine rings is 1. The van der Waals surface area contributed by atoms with Crippen molar-refractivity contribution in [2.45, 2.75) is 82.5 Å². The van der Waals surface area contributed by atoms with Gasteiger partial charge in [-0.05, 0) is 75.1 Å². The molecule has 0 bridgehead atoms. The van der Waals surface area contributed by atoms with Crippen LogP contribution in [0.4, 0.5) is 9.18 Å². The van der Waals surface area contributed by atoms with Gasteiger partial charge in [-0.15, -0.1) is 0 Å². The fraction of sp³-hybridized carbons (Fsp3) is 0.564. The number of fused-ring (bicyclic) bond motifs is 1. The first kappa shape index (κ1) is 36.0. The number of aromatic nitrogens is 2. The zero-order valence-electron chi connectivity index (χ0n) is 29.8. The van der Waals surface area contributed by atoms with Crippen LogP contribution in [0.3, 0.4) is 0 Å². The van der Waals surface area contributed by atoms with Gasteiger partial charge in [0, 0.05) is 64.2 Å². The number of benzene rings is 2. The minimum absolute atomic E-state index is 0.0150. The largest absolute Gasteiger partial charge is 0.446 e. The molecule has 0 unspecified atom stereocenters. The number of piperidine rings is 2. The van der Waals surface area contributed by atoms with E-state index in [0.717, 1.165) is 64.5 Å². The van der Waals surface area contributed by atoms with Crippen LogP contribution in [0.2, 0.25) is 0 Å². The standard InChI is InChI=1S/C39H49FN6O6/c40-34-11-10-27(25-35-31-8-4-5-9-32(31)37(48)42-41-35)24-33(34)38(49)45-22-20-44(21-23-45)36(47)26-43-16-12-29(13-17-43)51-30-14-18-46(19-15-30)39(50)52-28-6-2-1-3-7-28/h4-5,8-11,24,28-30H,1-3,6-7,12-23,25-26H2,(H,42,48). The molecule has 7 rings (SSSR count). The summed E-state index contributed by atoms with van der Waals surface area (Å²) in [5.74, 6) is -0.968. The Morgan fingerprint density at radius 2 is 1.40 bits per heavy atom. The van der Waals surface area contributed by atoms with Crippen molar-refractivity contribution in [1.82, 2.24) is 29.8 Å². The fourth-order valence-corrected chi connectivity index (χ4v) is 8.02. The van der Waals surface area contributed by atoms with E-state index in [1.54, 1.807) is 34.1 Å². The molecule has 3 aromatic rings. The minimum Gasteiger partial charge on any atom is -0.446 e. The minimum atomic E-state index is -0.598. The van der Waals surface area contributed by atoms with E-state index < -0.39 is 11.7 Å². The van der Waals surface area contributed by atoms with Crippen LogP contribution in [0, 0.1) is 5.82 Å². The molecule has 278 valence electrons. The molecule has 0 atom stereocenters. The van der Waals surface area contributed by atoms with Crippen LogP contribution in [-0.2, 0) is 20.7 Å². The number of aromatic amines is 1. The lowest BCUT2D eigenvalue weighted by Crippen LogP contribution is -2.53. The number of H-pyrrole nitrogens is 1. The topological polar surface area (TPSA) is 128 Å². The first-order valence-electron chi connectivity index (χ1n) is 19.0. The number of carbonyl (C=O) groups is 3. The highest BCUT2D eigenvalue weighted by molar-refractivity contribution is 5.95. The van der Waals surface area contributed by atoms with Crippen LogP contribution in [-0.4, -0.2) is 125 Å². The lowest BCUT2D eigenvalue weighted by Gasteiger charge is -2.38. The molecule has 12 nitrogen and oxygen atoms in total. The summed E-state index contributed by atoms with van der Waals surface area (Å²) < 4.78 is 27.1. The summed E-state index contributed by atoms with van der Waals surface area (Å²) in [7, 11) is 0. The van der Waals surface area contributed by atoms with Crippen LogP contribution in [0.5, 0.6) is 0 Å². The molecule has 3 saturated heterocycles. The highest BCUT2D eigenvalue weighted by atomic mass is 19.1. The Labute approximate surface area is 303 Å².